The molecule has 0 N–H and O–H groups in total. The Hall–Kier alpha value is -4.25. The number of benzene rings is 3. The summed E-state index contributed by atoms with van der Waals surface area (Å²) in [5.74, 6) is 0.334. The van der Waals surface area contributed by atoms with Crippen LogP contribution in [0.3, 0.4) is 0 Å². The third-order valence-electron chi connectivity index (χ3n) is 5.82. The number of rotatable bonds is 9. The Morgan fingerprint density at radius 2 is 1.26 bits per heavy atom. The van der Waals surface area contributed by atoms with Gasteiger partial charge in [-0.05, 0) is 32.4 Å². The number of carbonyl (C=O) groups excluding carboxylic acids is 2. The summed E-state index contributed by atoms with van der Waals surface area (Å²) in [4.78, 5) is 28.2. The molecule has 0 unspecified atom stereocenters. The molecule has 1 aromatic heterocycles. The van der Waals surface area contributed by atoms with Gasteiger partial charge in [0.05, 0.1) is 13.1 Å². The Balaban J connectivity index is 1.67. The van der Waals surface area contributed by atoms with Crippen LogP contribution in [0.1, 0.15) is 48.9 Å². The zero-order chi connectivity index (χ0) is 24.8. The highest BCUT2D eigenvalue weighted by atomic mass is 16.5. The van der Waals surface area contributed by atoms with Crippen molar-refractivity contribution in [2.24, 2.45) is 0 Å². The summed E-state index contributed by atoms with van der Waals surface area (Å²) >= 11 is 0. The third kappa shape index (κ3) is 6.01. The van der Waals surface area contributed by atoms with Gasteiger partial charge in [0.15, 0.2) is 17.3 Å². The van der Waals surface area contributed by atoms with E-state index in [4.69, 9.17) is 4.52 Å². The lowest BCUT2D eigenvalue weighted by Gasteiger charge is -2.23. The van der Waals surface area contributed by atoms with Crippen molar-refractivity contribution in [2.45, 2.75) is 20.8 Å². The molecule has 0 saturated carbocycles. The fraction of sp³-hybridized carbons (Fsp3) is 0.167. The molecule has 1 heterocycles. The van der Waals surface area contributed by atoms with Gasteiger partial charge in [-0.25, -0.2) is 0 Å². The van der Waals surface area contributed by atoms with Gasteiger partial charge in [-0.1, -0.05) is 101 Å². The van der Waals surface area contributed by atoms with Crippen molar-refractivity contribution in [3.05, 3.63) is 118 Å². The average molecular weight is 465 g/mol. The first-order valence-electron chi connectivity index (χ1n) is 11.5. The predicted molar refractivity (Wildman–Crippen MR) is 140 cm³/mol. The summed E-state index contributed by atoms with van der Waals surface area (Å²) in [6.45, 7) is 5.82. The van der Waals surface area contributed by atoms with Crippen LogP contribution >= 0.6 is 0 Å². The Kier molecular flexibility index (Phi) is 7.36. The summed E-state index contributed by atoms with van der Waals surface area (Å²) in [6, 6.07) is 24.7. The molecule has 176 valence electrons. The van der Waals surface area contributed by atoms with Crippen LogP contribution in [-0.4, -0.2) is 29.8 Å². The van der Waals surface area contributed by atoms with Crippen molar-refractivity contribution in [1.82, 2.24) is 5.16 Å². The summed E-state index contributed by atoms with van der Waals surface area (Å²) in [6.07, 6.45) is 3.75. The van der Waals surface area contributed by atoms with Crippen molar-refractivity contribution >= 4 is 29.4 Å². The van der Waals surface area contributed by atoms with Crippen molar-refractivity contribution in [3.8, 4) is 0 Å². The van der Waals surface area contributed by atoms with Crippen molar-refractivity contribution in [1.29, 1.82) is 0 Å². The lowest BCUT2D eigenvalue weighted by molar-refractivity contribution is 0.0984. The maximum Gasteiger partial charge on any atom is 0.183 e. The standard InChI is InChI=1S/C30H28N2O3/c1-21-9-14-25(15-10-21)27(33)19-32(20-28(34)26-16-11-22(2)12-17-26)30-23(3)31-35-29(30)18-13-24-7-5-4-6-8-24/h4-18H,19-20H2,1-3H3/b18-13+. The highest BCUT2D eigenvalue weighted by molar-refractivity contribution is 6.03. The maximum atomic E-state index is 13.2. The number of aromatic nitrogens is 1. The molecule has 5 heteroatoms. The summed E-state index contributed by atoms with van der Waals surface area (Å²) < 4.78 is 5.60. The molecule has 0 amide bonds. The van der Waals surface area contributed by atoms with Gasteiger partial charge in [-0.3, -0.25) is 9.59 Å². The molecule has 0 saturated heterocycles. The number of hydrogen-bond acceptors (Lipinski definition) is 5. The van der Waals surface area contributed by atoms with Crippen LogP contribution in [0.5, 0.6) is 0 Å². The molecule has 0 radical (unpaired) electrons. The SMILES string of the molecule is Cc1ccc(C(=O)CN(CC(=O)c2ccc(C)cc2)c2c(C)noc2/C=C/c2ccccc2)cc1. The molecule has 0 bridgehead atoms. The van der Waals surface area contributed by atoms with E-state index in [2.05, 4.69) is 5.16 Å². The van der Waals surface area contributed by atoms with Gasteiger partial charge in [-0.15, -0.1) is 0 Å². The molecule has 0 aliphatic carbocycles. The minimum Gasteiger partial charge on any atom is -0.354 e. The summed E-state index contributed by atoms with van der Waals surface area (Å²) in [5.41, 5.74) is 5.61. The zero-order valence-corrected chi connectivity index (χ0v) is 20.2. The average Bonchev–Trinajstić information content (AvgIpc) is 3.23. The van der Waals surface area contributed by atoms with Crippen molar-refractivity contribution < 1.29 is 14.1 Å². The van der Waals surface area contributed by atoms with Crippen LogP contribution in [-0.2, 0) is 0 Å². The lowest BCUT2D eigenvalue weighted by Crippen LogP contribution is -2.35. The fourth-order valence-electron chi connectivity index (χ4n) is 3.83. The van der Waals surface area contributed by atoms with E-state index >= 15 is 0 Å². The summed E-state index contributed by atoms with van der Waals surface area (Å²) in [5, 5.41) is 4.14. The molecule has 0 atom stereocenters. The van der Waals surface area contributed by atoms with Crippen LogP contribution in [0.25, 0.3) is 12.2 Å². The largest absolute Gasteiger partial charge is 0.354 e. The second-order valence-corrected chi connectivity index (χ2v) is 8.66. The molecular weight excluding hydrogens is 436 g/mol. The summed E-state index contributed by atoms with van der Waals surface area (Å²) in [7, 11) is 0. The molecule has 4 aromatic rings. The number of anilines is 1. The maximum absolute atomic E-state index is 13.2. The van der Waals surface area contributed by atoms with Gasteiger partial charge < -0.3 is 9.42 Å². The molecule has 0 spiro atoms. The minimum atomic E-state index is -0.0831. The highest BCUT2D eigenvalue weighted by Crippen LogP contribution is 2.28. The smallest absolute Gasteiger partial charge is 0.183 e. The monoisotopic (exact) mass is 464 g/mol. The van der Waals surface area contributed by atoms with E-state index in [0.29, 0.717) is 28.3 Å². The first kappa shape index (κ1) is 23.9. The van der Waals surface area contributed by atoms with Crippen LogP contribution in [0.2, 0.25) is 0 Å². The first-order valence-corrected chi connectivity index (χ1v) is 11.5. The van der Waals surface area contributed by atoms with Crippen molar-refractivity contribution in [2.75, 3.05) is 18.0 Å². The van der Waals surface area contributed by atoms with Crippen LogP contribution in [0.15, 0.2) is 83.4 Å². The second kappa shape index (κ2) is 10.8. The molecular formula is C30H28N2O3. The van der Waals surface area contributed by atoms with Crippen LogP contribution < -0.4 is 4.90 Å². The van der Waals surface area contributed by atoms with Crippen LogP contribution in [0, 0.1) is 20.8 Å². The number of hydrogen-bond donors (Lipinski definition) is 0. The predicted octanol–water partition coefficient (Wildman–Crippen LogP) is 6.34. The highest BCUT2D eigenvalue weighted by Gasteiger charge is 2.24. The molecule has 3 aromatic carbocycles. The van der Waals surface area contributed by atoms with Crippen LogP contribution in [0.4, 0.5) is 5.69 Å². The molecule has 4 rings (SSSR count). The molecule has 0 fully saturated rings. The minimum absolute atomic E-state index is 0.0227. The van der Waals surface area contributed by atoms with Crippen molar-refractivity contribution in [3.63, 3.8) is 0 Å². The number of aryl methyl sites for hydroxylation is 3. The topological polar surface area (TPSA) is 63.4 Å². The zero-order valence-electron chi connectivity index (χ0n) is 20.2. The molecule has 0 aliphatic rings. The number of Topliss-reactive ketones (excluding diaryl/α,β-unsaturated/α-hetero) is 2. The van der Waals surface area contributed by atoms with Gasteiger partial charge in [0.25, 0.3) is 0 Å². The van der Waals surface area contributed by atoms with E-state index in [9.17, 15) is 9.59 Å². The Morgan fingerprint density at radius 1 is 0.743 bits per heavy atom. The Morgan fingerprint density at radius 3 is 1.77 bits per heavy atom. The molecule has 35 heavy (non-hydrogen) atoms. The van der Waals surface area contributed by atoms with E-state index in [1.807, 2.05) is 112 Å². The second-order valence-electron chi connectivity index (χ2n) is 8.66. The van der Waals surface area contributed by atoms with Gasteiger partial charge in [0.1, 0.15) is 11.4 Å². The number of ketones is 2. The van der Waals surface area contributed by atoms with Gasteiger partial charge in [-0.2, -0.15) is 0 Å². The normalized spacial score (nSPS) is 11.1. The van der Waals surface area contributed by atoms with E-state index in [0.717, 1.165) is 16.7 Å². The lowest BCUT2D eigenvalue weighted by atomic mass is 10.1. The first-order chi connectivity index (χ1) is 16.9. The van der Waals surface area contributed by atoms with E-state index in [1.54, 1.807) is 4.90 Å². The molecule has 5 nitrogen and oxygen atoms in total. The molecule has 0 aliphatic heterocycles. The van der Waals surface area contributed by atoms with Gasteiger partial charge in [0, 0.05) is 11.1 Å². The quantitative estimate of drug-likeness (QED) is 0.270. The Bertz CT molecular complexity index is 1280. The number of carbonyl (C=O) groups is 2. The van der Waals surface area contributed by atoms with Gasteiger partial charge >= 0.3 is 0 Å². The van der Waals surface area contributed by atoms with E-state index in [-0.39, 0.29) is 24.7 Å². The van der Waals surface area contributed by atoms with Gasteiger partial charge in [0.2, 0.25) is 0 Å². The third-order valence-corrected chi connectivity index (χ3v) is 5.82. The fourth-order valence-corrected chi connectivity index (χ4v) is 3.83. The van der Waals surface area contributed by atoms with E-state index in [1.165, 1.54) is 0 Å². The Labute approximate surface area is 205 Å². The number of nitrogens with zero attached hydrogens (tertiary/aromatic N) is 2. The van der Waals surface area contributed by atoms with E-state index < -0.39 is 0 Å².